The van der Waals surface area contributed by atoms with Crippen LogP contribution >= 0.6 is 0 Å². The number of nitrogens with zero attached hydrogens (tertiary/aromatic N) is 2. The number of nitrogens with one attached hydrogen (secondary N) is 2. The van der Waals surface area contributed by atoms with Crippen molar-refractivity contribution >= 4 is 11.8 Å². The standard InChI is InChI=1S/C6H6N4O2/c7-3-1-5(11)9-10-6(12)2-4-8/h1-2H2,(H,9,11)(H,10,12). The highest BCUT2D eigenvalue weighted by atomic mass is 16.2. The van der Waals surface area contributed by atoms with E-state index < -0.39 is 11.8 Å². The molecule has 0 aromatic heterocycles. The first-order valence-electron chi connectivity index (χ1n) is 3.02. The molecule has 0 bridgehead atoms. The lowest BCUT2D eigenvalue weighted by Crippen LogP contribution is -2.41. The fourth-order valence-electron chi connectivity index (χ4n) is 0.371. The molecule has 12 heavy (non-hydrogen) atoms. The highest BCUT2D eigenvalue weighted by Gasteiger charge is 2.01. The van der Waals surface area contributed by atoms with Crippen molar-refractivity contribution in [1.82, 2.24) is 10.9 Å². The van der Waals surface area contributed by atoms with Gasteiger partial charge in [0.05, 0.1) is 12.1 Å². The lowest BCUT2D eigenvalue weighted by atomic mass is 10.4. The van der Waals surface area contributed by atoms with Crippen LogP contribution in [0.25, 0.3) is 0 Å². The van der Waals surface area contributed by atoms with Crippen molar-refractivity contribution in [1.29, 1.82) is 10.5 Å². The number of amides is 2. The first-order chi connectivity index (χ1) is 5.70. The number of rotatable bonds is 2. The predicted molar refractivity (Wildman–Crippen MR) is 36.7 cm³/mol. The van der Waals surface area contributed by atoms with Gasteiger partial charge in [-0.15, -0.1) is 0 Å². The number of hydrazine groups is 1. The molecule has 6 heteroatoms. The van der Waals surface area contributed by atoms with Crippen LogP contribution in [0.4, 0.5) is 0 Å². The molecule has 0 aromatic carbocycles. The van der Waals surface area contributed by atoms with Crippen molar-refractivity contribution in [3.63, 3.8) is 0 Å². The largest absolute Gasteiger partial charge is 0.272 e. The minimum Gasteiger partial charge on any atom is -0.272 e. The zero-order chi connectivity index (χ0) is 9.40. The van der Waals surface area contributed by atoms with Gasteiger partial charge in [-0.1, -0.05) is 0 Å². The number of nitriles is 2. The molecule has 2 N–H and O–H groups in total. The van der Waals surface area contributed by atoms with E-state index >= 15 is 0 Å². The minimum absolute atomic E-state index is 0.327. The van der Waals surface area contributed by atoms with Crippen LogP contribution in [0, 0.1) is 22.7 Å². The summed E-state index contributed by atoms with van der Waals surface area (Å²) in [5.74, 6) is -1.22. The zero-order valence-corrected chi connectivity index (χ0v) is 6.13. The molecule has 2 amide bonds. The third kappa shape index (κ3) is 4.77. The summed E-state index contributed by atoms with van der Waals surface area (Å²) in [4.78, 5) is 21.0. The highest BCUT2D eigenvalue weighted by molar-refractivity contribution is 5.83. The van der Waals surface area contributed by atoms with Crippen LogP contribution in [0.2, 0.25) is 0 Å². The summed E-state index contributed by atoms with van der Waals surface area (Å²) < 4.78 is 0. The minimum atomic E-state index is -0.608. The maximum atomic E-state index is 10.5. The van der Waals surface area contributed by atoms with Gasteiger partial charge >= 0.3 is 0 Å². The number of hydrogen-bond acceptors (Lipinski definition) is 4. The molecule has 0 aliphatic carbocycles. The summed E-state index contributed by atoms with van der Waals surface area (Å²) in [7, 11) is 0. The molecule has 0 rings (SSSR count). The molecule has 6 nitrogen and oxygen atoms in total. The first kappa shape index (κ1) is 9.92. The van der Waals surface area contributed by atoms with E-state index in [4.69, 9.17) is 10.5 Å². The van der Waals surface area contributed by atoms with E-state index in [9.17, 15) is 9.59 Å². The van der Waals surface area contributed by atoms with Crippen molar-refractivity contribution in [3.05, 3.63) is 0 Å². The summed E-state index contributed by atoms with van der Waals surface area (Å²) in [6.07, 6.45) is -0.653. The Balaban J connectivity index is 3.57. The van der Waals surface area contributed by atoms with Gasteiger partial charge < -0.3 is 0 Å². The van der Waals surface area contributed by atoms with E-state index in [0.717, 1.165) is 0 Å². The van der Waals surface area contributed by atoms with Gasteiger partial charge in [0.1, 0.15) is 12.8 Å². The maximum Gasteiger partial charge on any atom is 0.252 e. The fourth-order valence-corrected chi connectivity index (χ4v) is 0.371. The Morgan fingerprint density at radius 1 is 1.00 bits per heavy atom. The number of hydrogen-bond donors (Lipinski definition) is 2. The first-order valence-corrected chi connectivity index (χ1v) is 3.02. The monoisotopic (exact) mass is 166 g/mol. The average molecular weight is 166 g/mol. The molecule has 62 valence electrons. The fraction of sp³-hybridized carbons (Fsp3) is 0.333. The van der Waals surface area contributed by atoms with E-state index in [-0.39, 0.29) is 12.8 Å². The van der Waals surface area contributed by atoms with E-state index in [1.807, 2.05) is 10.9 Å². The Morgan fingerprint density at radius 3 is 1.58 bits per heavy atom. The third-order valence-electron chi connectivity index (χ3n) is 0.821. The van der Waals surface area contributed by atoms with Crippen LogP contribution in [0.5, 0.6) is 0 Å². The lowest BCUT2D eigenvalue weighted by molar-refractivity contribution is -0.127. The molecule has 0 heterocycles. The summed E-state index contributed by atoms with van der Waals surface area (Å²) in [6, 6.07) is 3.19. The Bertz CT molecular complexity index is 232. The lowest BCUT2D eigenvalue weighted by Gasteiger charge is -2.01. The second-order valence-electron chi connectivity index (χ2n) is 1.77. The predicted octanol–water partition coefficient (Wildman–Crippen LogP) is -1.04. The second-order valence-corrected chi connectivity index (χ2v) is 1.77. The second kappa shape index (κ2) is 5.69. The molecule has 0 aliphatic heterocycles. The molecule has 0 spiro atoms. The maximum absolute atomic E-state index is 10.5. The summed E-state index contributed by atoms with van der Waals surface area (Å²) >= 11 is 0. The smallest absolute Gasteiger partial charge is 0.252 e. The summed E-state index contributed by atoms with van der Waals surface area (Å²) in [5.41, 5.74) is 3.91. The zero-order valence-electron chi connectivity index (χ0n) is 6.13. The topological polar surface area (TPSA) is 106 Å². The van der Waals surface area contributed by atoms with E-state index in [1.165, 1.54) is 0 Å². The molecule has 0 aliphatic rings. The summed E-state index contributed by atoms with van der Waals surface area (Å²) in [6.45, 7) is 0. The van der Waals surface area contributed by atoms with Crippen LogP contribution in [0.3, 0.4) is 0 Å². The molecule has 0 unspecified atom stereocenters. The van der Waals surface area contributed by atoms with Crippen molar-refractivity contribution < 1.29 is 9.59 Å². The molecule has 0 atom stereocenters. The van der Waals surface area contributed by atoms with Crippen LogP contribution in [0.15, 0.2) is 0 Å². The molecule has 0 fully saturated rings. The van der Waals surface area contributed by atoms with Crippen LogP contribution in [-0.2, 0) is 9.59 Å². The van der Waals surface area contributed by atoms with Gasteiger partial charge in [-0.2, -0.15) is 10.5 Å². The number of carbonyl (C=O) groups excluding carboxylic acids is 2. The van der Waals surface area contributed by atoms with Gasteiger partial charge in [0.15, 0.2) is 0 Å². The van der Waals surface area contributed by atoms with Gasteiger partial charge in [-0.25, -0.2) is 0 Å². The Morgan fingerprint density at radius 2 is 1.33 bits per heavy atom. The molecular weight excluding hydrogens is 160 g/mol. The Kier molecular flexibility index (Phi) is 4.70. The third-order valence-corrected chi connectivity index (χ3v) is 0.821. The van der Waals surface area contributed by atoms with Gasteiger partial charge in [0.2, 0.25) is 0 Å². The molecular formula is C6H6N4O2. The van der Waals surface area contributed by atoms with E-state index in [1.54, 1.807) is 12.1 Å². The van der Waals surface area contributed by atoms with Gasteiger partial charge in [0.25, 0.3) is 11.8 Å². The van der Waals surface area contributed by atoms with Crippen LogP contribution in [0.1, 0.15) is 12.8 Å². The van der Waals surface area contributed by atoms with Crippen LogP contribution < -0.4 is 10.9 Å². The molecule has 0 saturated carbocycles. The van der Waals surface area contributed by atoms with E-state index in [0.29, 0.717) is 0 Å². The normalized spacial score (nSPS) is 7.50. The van der Waals surface area contributed by atoms with Gasteiger partial charge in [0, 0.05) is 0 Å². The SMILES string of the molecule is N#CCC(=O)NNC(=O)CC#N. The van der Waals surface area contributed by atoms with Gasteiger partial charge in [-0.3, -0.25) is 20.4 Å². The Hall–Kier alpha value is -2.08. The molecule has 0 aromatic rings. The average Bonchev–Trinajstić information content (AvgIpc) is 2.02. The van der Waals surface area contributed by atoms with Crippen LogP contribution in [-0.4, -0.2) is 11.8 Å². The molecule has 0 radical (unpaired) electrons. The number of carbonyl (C=O) groups is 2. The van der Waals surface area contributed by atoms with Crippen molar-refractivity contribution in [2.45, 2.75) is 12.8 Å². The Labute approximate surface area is 68.7 Å². The van der Waals surface area contributed by atoms with Crippen molar-refractivity contribution in [2.24, 2.45) is 0 Å². The molecule has 0 saturated heterocycles. The highest BCUT2D eigenvalue weighted by Crippen LogP contribution is 1.74. The van der Waals surface area contributed by atoms with Crippen molar-refractivity contribution in [3.8, 4) is 12.1 Å². The van der Waals surface area contributed by atoms with Crippen molar-refractivity contribution in [2.75, 3.05) is 0 Å². The quantitative estimate of drug-likeness (QED) is 0.511. The van der Waals surface area contributed by atoms with E-state index in [2.05, 4.69) is 0 Å². The summed E-state index contributed by atoms with van der Waals surface area (Å²) in [5, 5.41) is 16.1. The van der Waals surface area contributed by atoms with Gasteiger partial charge in [-0.05, 0) is 0 Å².